The fraction of sp³-hybridized carbons (Fsp3) is 0.389. The third kappa shape index (κ3) is 3.46. The van der Waals surface area contributed by atoms with Crippen LogP contribution in [0, 0.1) is 5.82 Å². The number of halogens is 1. The number of fused-ring (bicyclic) bond motifs is 1. The molecule has 2 aromatic heterocycles. The van der Waals surface area contributed by atoms with Gasteiger partial charge in [-0.1, -0.05) is 13.0 Å². The number of aromatic nitrogens is 5. The van der Waals surface area contributed by atoms with Gasteiger partial charge in [0, 0.05) is 31.6 Å². The normalized spacial score (nSPS) is 16.8. The Labute approximate surface area is 145 Å². The summed E-state index contributed by atoms with van der Waals surface area (Å²) in [5, 5.41) is 12.6. The maximum atomic E-state index is 13.3. The van der Waals surface area contributed by atoms with Crippen LogP contribution >= 0.6 is 0 Å². The van der Waals surface area contributed by atoms with E-state index in [1.807, 2.05) is 23.0 Å². The summed E-state index contributed by atoms with van der Waals surface area (Å²) in [6.45, 7) is 3.59. The van der Waals surface area contributed by atoms with Crippen LogP contribution in [0.15, 0.2) is 36.5 Å². The van der Waals surface area contributed by atoms with E-state index >= 15 is 0 Å². The first-order chi connectivity index (χ1) is 12.2. The lowest BCUT2D eigenvalue weighted by Crippen LogP contribution is -2.37. The summed E-state index contributed by atoms with van der Waals surface area (Å²) >= 11 is 0. The minimum absolute atomic E-state index is 0.259. The quantitative estimate of drug-likeness (QED) is 0.774. The molecule has 1 aliphatic heterocycles. The standard InChI is InChI=1S/C18H21FN6/c1-2-17-21-18-7-6-15(12-25(18)23-17)20-11-14-8-9-24(22-14)16-5-3-4-13(19)10-16/h3-5,8-10,15,20H,2,6-7,11-12H2,1H3/t15-/m0/s1. The van der Waals surface area contributed by atoms with Crippen molar-refractivity contribution in [3.63, 3.8) is 0 Å². The smallest absolute Gasteiger partial charge is 0.150 e. The van der Waals surface area contributed by atoms with Gasteiger partial charge in [-0.3, -0.25) is 0 Å². The second-order valence-electron chi connectivity index (χ2n) is 6.33. The predicted octanol–water partition coefficient (Wildman–Crippen LogP) is 2.27. The Balaban J connectivity index is 1.38. The molecule has 0 unspecified atom stereocenters. The Morgan fingerprint density at radius 1 is 1.28 bits per heavy atom. The van der Waals surface area contributed by atoms with Crippen LogP contribution in [0.3, 0.4) is 0 Å². The largest absolute Gasteiger partial charge is 0.306 e. The third-order valence-electron chi connectivity index (χ3n) is 4.51. The Hall–Kier alpha value is -2.54. The van der Waals surface area contributed by atoms with Gasteiger partial charge in [-0.2, -0.15) is 10.2 Å². The van der Waals surface area contributed by atoms with E-state index in [4.69, 9.17) is 0 Å². The summed E-state index contributed by atoms with van der Waals surface area (Å²) < 4.78 is 17.0. The molecule has 6 nitrogen and oxygen atoms in total. The Kier molecular flexibility index (Phi) is 4.31. The van der Waals surface area contributed by atoms with Gasteiger partial charge in [0.05, 0.1) is 17.9 Å². The highest BCUT2D eigenvalue weighted by molar-refractivity contribution is 5.31. The van der Waals surface area contributed by atoms with E-state index in [0.717, 1.165) is 48.8 Å². The Morgan fingerprint density at radius 2 is 2.20 bits per heavy atom. The molecular weight excluding hydrogens is 319 g/mol. The van der Waals surface area contributed by atoms with E-state index in [2.05, 4.69) is 27.4 Å². The highest BCUT2D eigenvalue weighted by Crippen LogP contribution is 2.14. The number of nitrogens with one attached hydrogen (secondary N) is 1. The fourth-order valence-electron chi connectivity index (χ4n) is 3.14. The summed E-state index contributed by atoms with van der Waals surface area (Å²) in [5.41, 5.74) is 1.66. The van der Waals surface area contributed by atoms with Gasteiger partial charge in [-0.15, -0.1) is 0 Å². The molecule has 1 atom stereocenters. The maximum Gasteiger partial charge on any atom is 0.150 e. The first kappa shape index (κ1) is 16.0. The molecule has 1 aliphatic rings. The topological polar surface area (TPSA) is 60.6 Å². The molecular formula is C18H21FN6. The SMILES string of the molecule is CCc1nc2n(n1)C[C@@H](NCc1ccn(-c3cccc(F)c3)n1)CC2. The van der Waals surface area contributed by atoms with Crippen LogP contribution in [-0.4, -0.2) is 30.6 Å². The summed E-state index contributed by atoms with van der Waals surface area (Å²) in [4.78, 5) is 4.54. The van der Waals surface area contributed by atoms with Crippen molar-refractivity contribution < 1.29 is 4.39 Å². The summed E-state index contributed by atoms with van der Waals surface area (Å²) in [7, 11) is 0. The molecule has 0 radical (unpaired) electrons. The van der Waals surface area contributed by atoms with Crippen LogP contribution < -0.4 is 5.32 Å². The fourth-order valence-corrected chi connectivity index (χ4v) is 3.14. The van der Waals surface area contributed by atoms with Gasteiger partial charge < -0.3 is 5.32 Å². The van der Waals surface area contributed by atoms with Gasteiger partial charge >= 0.3 is 0 Å². The zero-order valence-corrected chi connectivity index (χ0v) is 14.2. The van der Waals surface area contributed by atoms with Gasteiger partial charge in [-0.05, 0) is 30.7 Å². The number of hydrogen-bond donors (Lipinski definition) is 1. The lowest BCUT2D eigenvalue weighted by Gasteiger charge is -2.23. The van der Waals surface area contributed by atoms with E-state index in [1.54, 1.807) is 10.7 Å². The Morgan fingerprint density at radius 3 is 3.04 bits per heavy atom. The average Bonchev–Trinajstić information content (AvgIpc) is 3.26. The van der Waals surface area contributed by atoms with E-state index < -0.39 is 0 Å². The van der Waals surface area contributed by atoms with E-state index in [1.165, 1.54) is 12.1 Å². The summed E-state index contributed by atoms with van der Waals surface area (Å²) in [6.07, 6.45) is 4.72. The molecule has 3 aromatic rings. The van der Waals surface area contributed by atoms with Crippen LogP contribution in [0.5, 0.6) is 0 Å². The van der Waals surface area contributed by atoms with Crippen molar-refractivity contribution in [2.24, 2.45) is 0 Å². The summed E-state index contributed by atoms with van der Waals surface area (Å²) in [5.74, 6) is 1.75. The van der Waals surface area contributed by atoms with Crippen molar-refractivity contribution in [2.75, 3.05) is 0 Å². The molecule has 0 saturated carbocycles. The Bertz CT molecular complexity index is 868. The van der Waals surface area contributed by atoms with Gasteiger partial charge in [-0.25, -0.2) is 18.7 Å². The van der Waals surface area contributed by atoms with Crippen molar-refractivity contribution in [2.45, 2.75) is 45.3 Å². The molecule has 0 saturated heterocycles. The van der Waals surface area contributed by atoms with Crippen molar-refractivity contribution >= 4 is 0 Å². The van der Waals surface area contributed by atoms with Crippen LogP contribution in [0.2, 0.25) is 0 Å². The second-order valence-corrected chi connectivity index (χ2v) is 6.33. The molecule has 0 spiro atoms. The number of nitrogens with zero attached hydrogens (tertiary/aromatic N) is 5. The van der Waals surface area contributed by atoms with Crippen molar-refractivity contribution in [3.05, 3.63) is 59.7 Å². The van der Waals surface area contributed by atoms with Crippen molar-refractivity contribution in [3.8, 4) is 5.69 Å². The lowest BCUT2D eigenvalue weighted by atomic mass is 10.1. The molecule has 1 N–H and O–H groups in total. The predicted molar refractivity (Wildman–Crippen MR) is 91.9 cm³/mol. The van der Waals surface area contributed by atoms with E-state index in [9.17, 15) is 4.39 Å². The molecule has 0 amide bonds. The van der Waals surface area contributed by atoms with E-state index in [0.29, 0.717) is 12.6 Å². The maximum absolute atomic E-state index is 13.3. The highest BCUT2D eigenvalue weighted by atomic mass is 19.1. The van der Waals surface area contributed by atoms with Crippen LogP contribution in [0.25, 0.3) is 5.69 Å². The molecule has 0 aliphatic carbocycles. The molecule has 0 bridgehead atoms. The van der Waals surface area contributed by atoms with Crippen LogP contribution in [-0.2, 0) is 25.9 Å². The molecule has 25 heavy (non-hydrogen) atoms. The van der Waals surface area contributed by atoms with E-state index in [-0.39, 0.29) is 5.82 Å². The third-order valence-corrected chi connectivity index (χ3v) is 4.51. The minimum atomic E-state index is -0.259. The molecule has 130 valence electrons. The average molecular weight is 340 g/mol. The monoisotopic (exact) mass is 340 g/mol. The molecule has 3 heterocycles. The number of aryl methyl sites for hydroxylation is 2. The van der Waals surface area contributed by atoms with Gasteiger partial charge in [0.2, 0.25) is 0 Å². The second kappa shape index (κ2) is 6.76. The van der Waals surface area contributed by atoms with Gasteiger partial charge in [0.15, 0.2) is 5.82 Å². The highest BCUT2D eigenvalue weighted by Gasteiger charge is 2.21. The van der Waals surface area contributed by atoms with Gasteiger partial charge in [0.25, 0.3) is 0 Å². The minimum Gasteiger partial charge on any atom is -0.306 e. The number of rotatable bonds is 5. The molecule has 0 fully saturated rings. The van der Waals surface area contributed by atoms with Crippen molar-refractivity contribution in [1.29, 1.82) is 0 Å². The van der Waals surface area contributed by atoms with Crippen molar-refractivity contribution in [1.82, 2.24) is 29.9 Å². The molecule has 4 rings (SSSR count). The first-order valence-corrected chi connectivity index (χ1v) is 8.67. The van der Waals surface area contributed by atoms with Crippen LogP contribution in [0.4, 0.5) is 4.39 Å². The number of benzene rings is 1. The van der Waals surface area contributed by atoms with Gasteiger partial charge in [0.1, 0.15) is 11.6 Å². The molecule has 1 aromatic carbocycles. The first-order valence-electron chi connectivity index (χ1n) is 8.67. The zero-order chi connectivity index (χ0) is 17.2. The van der Waals surface area contributed by atoms with Crippen LogP contribution in [0.1, 0.15) is 30.7 Å². The zero-order valence-electron chi connectivity index (χ0n) is 14.2. The summed E-state index contributed by atoms with van der Waals surface area (Å²) in [6, 6.07) is 8.75. The molecule has 7 heteroatoms. The number of hydrogen-bond acceptors (Lipinski definition) is 4. The lowest BCUT2D eigenvalue weighted by molar-refractivity contribution is 0.356.